The van der Waals surface area contributed by atoms with Crippen LogP contribution in [0.4, 0.5) is 0 Å². The van der Waals surface area contributed by atoms with Crippen LogP contribution >= 0.6 is 0 Å². The van der Waals surface area contributed by atoms with E-state index in [4.69, 9.17) is 0 Å². The summed E-state index contributed by atoms with van der Waals surface area (Å²) in [5.41, 5.74) is 0. The fourth-order valence-electron chi connectivity index (χ4n) is 3.70. The number of carbonyl (C=O) groups excluding carboxylic acids is 2. The van der Waals surface area contributed by atoms with Crippen LogP contribution in [-0.4, -0.2) is 24.4 Å². The lowest BCUT2D eigenvalue weighted by molar-refractivity contribution is -0.128. The SMILES string of the molecule is CCCCCCCC/C=C\CCCCCCCC(=O)N[C@H]1CCCCNC1=O. The fourth-order valence-corrected chi connectivity index (χ4v) is 3.70. The van der Waals surface area contributed by atoms with E-state index < -0.39 is 0 Å². The minimum atomic E-state index is -0.321. The summed E-state index contributed by atoms with van der Waals surface area (Å²) in [5, 5.41) is 5.76. The van der Waals surface area contributed by atoms with E-state index in [1.165, 1.54) is 70.6 Å². The van der Waals surface area contributed by atoms with Crippen molar-refractivity contribution < 1.29 is 9.59 Å². The van der Waals surface area contributed by atoms with Gasteiger partial charge in [0.25, 0.3) is 0 Å². The van der Waals surface area contributed by atoms with Crippen LogP contribution in [0, 0.1) is 0 Å². The van der Waals surface area contributed by atoms with Crippen LogP contribution in [0.25, 0.3) is 0 Å². The molecule has 1 aliphatic rings. The smallest absolute Gasteiger partial charge is 0.242 e. The first-order chi connectivity index (χ1) is 13.7. The summed E-state index contributed by atoms with van der Waals surface area (Å²) in [6.07, 6.45) is 24.4. The van der Waals surface area contributed by atoms with E-state index in [1.54, 1.807) is 0 Å². The van der Waals surface area contributed by atoms with Crippen LogP contribution < -0.4 is 10.6 Å². The van der Waals surface area contributed by atoms with Crippen molar-refractivity contribution in [2.24, 2.45) is 0 Å². The Balaban J connectivity index is 1.87. The average molecular weight is 393 g/mol. The first-order valence-corrected chi connectivity index (χ1v) is 12.0. The Labute approximate surface area is 173 Å². The molecule has 0 aromatic rings. The molecular weight excluding hydrogens is 348 g/mol. The predicted molar refractivity (Wildman–Crippen MR) is 118 cm³/mol. The van der Waals surface area contributed by atoms with Crippen LogP contribution in [0.3, 0.4) is 0 Å². The highest BCUT2D eigenvalue weighted by molar-refractivity contribution is 5.87. The number of hydrogen-bond acceptors (Lipinski definition) is 2. The molecule has 2 N–H and O–H groups in total. The topological polar surface area (TPSA) is 58.2 Å². The van der Waals surface area contributed by atoms with Crippen LogP contribution in [0.1, 0.15) is 116 Å². The van der Waals surface area contributed by atoms with Gasteiger partial charge in [-0.25, -0.2) is 0 Å². The van der Waals surface area contributed by atoms with Crippen LogP contribution in [0.5, 0.6) is 0 Å². The van der Waals surface area contributed by atoms with Gasteiger partial charge in [-0.3, -0.25) is 9.59 Å². The third-order valence-corrected chi connectivity index (χ3v) is 5.54. The van der Waals surface area contributed by atoms with Crippen LogP contribution in [-0.2, 0) is 9.59 Å². The second-order valence-corrected chi connectivity index (χ2v) is 8.24. The van der Waals surface area contributed by atoms with Crippen molar-refractivity contribution in [1.29, 1.82) is 0 Å². The standard InChI is InChI=1S/C24H44N2O2/c1-2-3-4-5-6-7-8-9-10-11-12-13-14-15-16-20-23(27)26-22-19-17-18-21-25-24(22)28/h9-10,22H,2-8,11-21H2,1H3,(H,25,28)(H,26,27)/b10-9-/t22-/m0/s1. The number of allylic oxidation sites excluding steroid dienone is 2. The summed E-state index contributed by atoms with van der Waals surface area (Å²) < 4.78 is 0. The third kappa shape index (κ3) is 13.8. The zero-order valence-electron chi connectivity index (χ0n) is 18.3. The first-order valence-electron chi connectivity index (χ1n) is 12.0. The highest BCUT2D eigenvalue weighted by atomic mass is 16.2. The van der Waals surface area contributed by atoms with E-state index in [-0.39, 0.29) is 17.9 Å². The van der Waals surface area contributed by atoms with Gasteiger partial charge in [0, 0.05) is 13.0 Å². The second-order valence-electron chi connectivity index (χ2n) is 8.24. The van der Waals surface area contributed by atoms with Gasteiger partial charge in [-0.2, -0.15) is 0 Å². The molecular formula is C24H44N2O2. The second kappa shape index (κ2) is 17.8. The van der Waals surface area contributed by atoms with Gasteiger partial charge in [-0.05, 0) is 51.4 Å². The molecule has 1 heterocycles. The van der Waals surface area contributed by atoms with E-state index in [0.29, 0.717) is 6.42 Å². The maximum atomic E-state index is 12.0. The summed E-state index contributed by atoms with van der Waals surface area (Å²) >= 11 is 0. The Hall–Kier alpha value is -1.32. The monoisotopic (exact) mass is 392 g/mol. The van der Waals surface area contributed by atoms with E-state index in [9.17, 15) is 9.59 Å². The molecule has 4 nitrogen and oxygen atoms in total. The summed E-state index contributed by atoms with van der Waals surface area (Å²) in [7, 11) is 0. The fraction of sp³-hybridized carbons (Fsp3) is 0.833. The number of amides is 2. The van der Waals surface area contributed by atoms with Gasteiger partial charge in [0.15, 0.2) is 0 Å². The van der Waals surface area contributed by atoms with Crippen molar-refractivity contribution in [3.63, 3.8) is 0 Å². The Morgan fingerprint density at radius 3 is 2.21 bits per heavy atom. The maximum Gasteiger partial charge on any atom is 0.242 e. The molecule has 0 unspecified atom stereocenters. The highest BCUT2D eigenvalue weighted by Gasteiger charge is 2.21. The van der Waals surface area contributed by atoms with Gasteiger partial charge in [-0.1, -0.05) is 70.4 Å². The van der Waals surface area contributed by atoms with E-state index in [2.05, 4.69) is 29.7 Å². The van der Waals surface area contributed by atoms with Crippen molar-refractivity contribution in [3.05, 3.63) is 12.2 Å². The van der Waals surface area contributed by atoms with Crippen molar-refractivity contribution in [2.75, 3.05) is 6.54 Å². The normalized spacial score (nSPS) is 17.5. The molecule has 1 atom stereocenters. The van der Waals surface area contributed by atoms with Crippen LogP contribution in [0.2, 0.25) is 0 Å². The van der Waals surface area contributed by atoms with Crippen molar-refractivity contribution in [2.45, 2.75) is 122 Å². The zero-order chi connectivity index (χ0) is 20.3. The largest absolute Gasteiger partial charge is 0.354 e. The Morgan fingerprint density at radius 1 is 0.929 bits per heavy atom. The van der Waals surface area contributed by atoms with Gasteiger partial charge in [0.05, 0.1) is 0 Å². The summed E-state index contributed by atoms with van der Waals surface area (Å²) in [4.78, 5) is 23.8. The number of rotatable bonds is 16. The number of carbonyl (C=O) groups is 2. The summed E-state index contributed by atoms with van der Waals surface area (Å²) in [5.74, 6) is 0.00933. The minimum Gasteiger partial charge on any atom is -0.354 e. The lowest BCUT2D eigenvalue weighted by Gasteiger charge is -2.15. The molecule has 0 saturated carbocycles. The number of unbranched alkanes of at least 4 members (excludes halogenated alkanes) is 11. The highest BCUT2D eigenvalue weighted by Crippen LogP contribution is 2.10. The Kier molecular flexibility index (Phi) is 15.7. The number of hydrogen-bond donors (Lipinski definition) is 2. The molecule has 0 aromatic heterocycles. The number of nitrogens with one attached hydrogen (secondary N) is 2. The lowest BCUT2D eigenvalue weighted by Crippen LogP contribution is -2.45. The minimum absolute atomic E-state index is 0.0182. The maximum absolute atomic E-state index is 12.0. The molecule has 2 amide bonds. The lowest BCUT2D eigenvalue weighted by atomic mass is 10.1. The molecule has 0 aromatic carbocycles. The molecule has 28 heavy (non-hydrogen) atoms. The van der Waals surface area contributed by atoms with Crippen molar-refractivity contribution in [1.82, 2.24) is 10.6 Å². The predicted octanol–water partition coefficient (Wildman–Crippen LogP) is 5.81. The molecule has 1 saturated heterocycles. The molecule has 162 valence electrons. The Bertz CT molecular complexity index is 434. The first kappa shape index (κ1) is 24.7. The third-order valence-electron chi connectivity index (χ3n) is 5.54. The molecule has 0 spiro atoms. The van der Waals surface area contributed by atoms with E-state index in [1.807, 2.05) is 0 Å². The zero-order valence-corrected chi connectivity index (χ0v) is 18.3. The quantitative estimate of drug-likeness (QED) is 0.257. The van der Waals surface area contributed by atoms with Crippen molar-refractivity contribution >= 4 is 11.8 Å². The molecule has 0 aliphatic carbocycles. The molecule has 1 aliphatic heterocycles. The molecule has 1 rings (SSSR count). The van der Waals surface area contributed by atoms with Gasteiger partial charge in [-0.15, -0.1) is 0 Å². The molecule has 1 fully saturated rings. The molecule has 0 bridgehead atoms. The summed E-state index contributed by atoms with van der Waals surface area (Å²) in [6.45, 7) is 3.00. The van der Waals surface area contributed by atoms with Gasteiger partial charge in [0.1, 0.15) is 6.04 Å². The van der Waals surface area contributed by atoms with Gasteiger partial charge >= 0.3 is 0 Å². The van der Waals surface area contributed by atoms with E-state index >= 15 is 0 Å². The molecule has 4 heteroatoms. The van der Waals surface area contributed by atoms with Crippen LogP contribution in [0.15, 0.2) is 12.2 Å². The molecule has 0 radical (unpaired) electrons. The van der Waals surface area contributed by atoms with E-state index in [0.717, 1.165) is 38.6 Å². The summed E-state index contributed by atoms with van der Waals surface area (Å²) in [6, 6.07) is -0.321. The Morgan fingerprint density at radius 2 is 1.54 bits per heavy atom. The average Bonchev–Trinajstić information content (AvgIpc) is 2.89. The van der Waals surface area contributed by atoms with Crippen molar-refractivity contribution in [3.8, 4) is 0 Å². The van der Waals surface area contributed by atoms with Gasteiger partial charge in [0.2, 0.25) is 11.8 Å². The van der Waals surface area contributed by atoms with Gasteiger partial charge < -0.3 is 10.6 Å².